The summed E-state index contributed by atoms with van der Waals surface area (Å²) >= 11 is 0. The molecule has 0 amide bonds. The highest BCUT2D eigenvalue weighted by Gasteiger charge is 1.80. The Bertz CT molecular complexity index is 150. The number of rotatable bonds is 1. The van der Waals surface area contributed by atoms with Crippen LogP contribution in [-0.4, -0.2) is 7.11 Å². The maximum absolute atomic E-state index is 4.91. The molecule has 0 aliphatic heterocycles. The maximum Gasteiger partial charge on any atom is 0.118 e. The van der Waals surface area contributed by atoms with Gasteiger partial charge in [0.25, 0.3) is 0 Å². The summed E-state index contributed by atoms with van der Waals surface area (Å²) in [6, 6.07) is 9.68. The SMILES string of the molecule is COc1ccccc1.S. The van der Waals surface area contributed by atoms with Crippen LogP contribution in [0.5, 0.6) is 5.75 Å². The minimum absolute atomic E-state index is 0. The molecule has 0 bridgehead atoms. The standard InChI is InChI=1S/C7H8O.H2S/c1-8-7-5-3-2-4-6-7;/h2-6H,1H3;1H2. The lowest BCUT2D eigenvalue weighted by Gasteiger charge is -1.93. The van der Waals surface area contributed by atoms with Crippen molar-refractivity contribution in [3.8, 4) is 5.75 Å². The Balaban J connectivity index is 0.000000640. The van der Waals surface area contributed by atoms with Crippen molar-refractivity contribution in [2.24, 2.45) is 0 Å². The Morgan fingerprint density at radius 2 is 1.67 bits per heavy atom. The van der Waals surface area contributed by atoms with Gasteiger partial charge in [0.2, 0.25) is 0 Å². The molecule has 0 aliphatic rings. The van der Waals surface area contributed by atoms with Gasteiger partial charge < -0.3 is 4.74 Å². The normalized spacial score (nSPS) is 7.67. The molecule has 2 heteroatoms. The number of hydrogen-bond acceptors (Lipinski definition) is 1. The van der Waals surface area contributed by atoms with Crippen LogP contribution in [0.25, 0.3) is 0 Å². The number of para-hydroxylation sites is 1. The van der Waals surface area contributed by atoms with E-state index in [9.17, 15) is 0 Å². The highest BCUT2D eigenvalue weighted by molar-refractivity contribution is 7.59. The third-order valence-electron chi connectivity index (χ3n) is 0.979. The average molecular weight is 142 g/mol. The Hall–Kier alpha value is -0.630. The van der Waals surface area contributed by atoms with E-state index in [1.165, 1.54) is 0 Å². The summed E-state index contributed by atoms with van der Waals surface area (Å²) in [4.78, 5) is 0. The van der Waals surface area contributed by atoms with Crippen LogP contribution in [0.1, 0.15) is 0 Å². The Labute approximate surface area is 62.1 Å². The Morgan fingerprint density at radius 1 is 1.11 bits per heavy atom. The molecule has 1 rings (SSSR count). The predicted octanol–water partition coefficient (Wildman–Crippen LogP) is 1.81. The van der Waals surface area contributed by atoms with Crippen molar-refractivity contribution < 1.29 is 4.74 Å². The fourth-order valence-electron chi connectivity index (χ4n) is 0.557. The van der Waals surface area contributed by atoms with E-state index in [4.69, 9.17) is 4.74 Å². The molecule has 1 aromatic rings. The summed E-state index contributed by atoms with van der Waals surface area (Å²) in [6.07, 6.45) is 0. The van der Waals surface area contributed by atoms with Crippen molar-refractivity contribution in [2.45, 2.75) is 0 Å². The molecule has 0 saturated heterocycles. The van der Waals surface area contributed by atoms with Gasteiger partial charge >= 0.3 is 0 Å². The largest absolute Gasteiger partial charge is 0.497 e. The van der Waals surface area contributed by atoms with Crippen LogP contribution in [0.3, 0.4) is 0 Å². The van der Waals surface area contributed by atoms with Gasteiger partial charge in [-0.1, -0.05) is 18.2 Å². The summed E-state index contributed by atoms with van der Waals surface area (Å²) in [7, 11) is 1.66. The fraction of sp³-hybridized carbons (Fsp3) is 0.143. The first-order valence-corrected chi connectivity index (χ1v) is 2.52. The average Bonchev–Trinajstić information content (AvgIpc) is 1.90. The molecule has 0 atom stereocenters. The van der Waals surface area contributed by atoms with E-state index in [2.05, 4.69) is 0 Å². The molecule has 1 aromatic carbocycles. The monoisotopic (exact) mass is 142 g/mol. The predicted molar refractivity (Wildman–Crippen MR) is 43.4 cm³/mol. The number of hydrogen-bond donors (Lipinski definition) is 0. The first kappa shape index (κ1) is 8.37. The van der Waals surface area contributed by atoms with E-state index in [-0.39, 0.29) is 13.5 Å². The van der Waals surface area contributed by atoms with Crippen LogP contribution in [0, 0.1) is 0 Å². The summed E-state index contributed by atoms with van der Waals surface area (Å²) < 4.78 is 4.91. The van der Waals surface area contributed by atoms with Crippen molar-refractivity contribution in [1.29, 1.82) is 0 Å². The number of ether oxygens (including phenoxy) is 1. The van der Waals surface area contributed by atoms with E-state index in [0.29, 0.717) is 0 Å². The van der Waals surface area contributed by atoms with Crippen molar-refractivity contribution in [1.82, 2.24) is 0 Å². The lowest BCUT2D eigenvalue weighted by Crippen LogP contribution is -1.78. The number of methoxy groups -OCH3 is 1. The van der Waals surface area contributed by atoms with Crippen LogP contribution in [0.2, 0.25) is 0 Å². The minimum Gasteiger partial charge on any atom is -0.497 e. The molecule has 50 valence electrons. The summed E-state index contributed by atoms with van der Waals surface area (Å²) in [5.74, 6) is 0.910. The van der Waals surface area contributed by atoms with Crippen LogP contribution in [0.4, 0.5) is 0 Å². The molecular formula is C7H10OS. The molecule has 0 unspecified atom stereocenters. The maximum atomic E-state index is 4.91. The second kappa shape index (κ2) is 4.27. The van der Waals surface area contributed by atoms with Gasteiger partial charge in [-0.2, -0.15) is 13.5 Å². The number of benzene rings is 1. The van der Waals surface area contributed by atoms with E-state index in [0.717, 1.165) is 5.75 Å². The quantitative estimate of drug-likeness (QED) is 0.581. The molecule has 0 aliphatic carbocycles. The molecular weight excluding hydrogens is 132 g/mol. The first-order chi connectivity index (χ1) is 3.93. The molecule has 0 radical (unpaired) electrons. The zero-order valence-corrected chi connectivity index (χ0v) is 6.29. The highest BCUT2D eigenvalue weighted by Crippen LogP contribution is 2.05. The van der Waals surface area contributed by atoms with Crippen molar-refractivity contribution in [3.05, 3.63) is 30.3 Å². The van der Waals surface area contributed by atoms with Gasteiger partial charge in [-0.15, -0.1) is 0 Å². The van der Waals surface area contributed by atoms with Gasteiger partial charge in [-0.05, 0) is 12.1 Å². The topological polar surface area (TPSA) is 9.23 Å². The van der Waals surface area contributed by atoms with Crippen LogP contribution >= 0.6 is 13.5 Å². The Kier molecular flexibility index (Phi) is 3.97. The van der Waals surface area contributed by atoms with Crippen LogP contribution < -0.4 is 4.74 Å². The second-order valence-corrected chi connectivity index (χ2v) is 1.52. The molecule has 0 saturated carbocycles. The molecule has 0 spiro atoms. The van der Waals surface area contributed by atoms with Gasteiger partial charge in [-0.25, -0.2) is 0 Å². The summed E-state index contributed by atoms with van der Waals surface area (Å²) in [5.41, 5.74) is 0. The zero-order chi connectivity index (χ0) is 5.82. The molecule has 9 heavy (non-hydrogen) atoms. The molecule has 0 aromatic heterocycles. The van der Waals surface area contributed by atoms with Crippen LogP contribution in [-0.2, 0) is 0 Å². The van der Waals surface area contributed by atoms with Crippen molar-refractivity contribution >= 4 is 13.5 Å². The van der Waals surface area contributed by atoms with Gasteiger partial charge in [0.1, 0.15) is 5.75 Å². The van der Waals surface area contributed by atoms with Gasteiger partial charge in [0.15, 0.2) is 0 Å². The van der Waals surface area contributed by atoms with E-state index in [1.54, 1.807) is 7.11 Å². The first-order valence-electron chi connectivity index (χ1n) is 2.52. The lowest BCUT2D eigenvalue weighted by atomic mass is 10.3. The molecule has 0 fully saturated rings. The summed E-state index contributed by atoms with van der Waals surface area (Å²) in [6.45, 7) is 0. The second-order valence-electron chi connectivity index (χ2n) is 1.52. The molecule has 0 heterocycles. The van der Waals surface area contributed by atoms with Gasteiger partial charge in [-0.3, -0.25) is 0 Å². The third-order valence-corrected chi connectivity index (χ3v) is 0.979. The van der Waals surface area contributed by atoms with Gasteiger partial charge in [0.05, 0.1) is 7.11 Å². The van der Waals surface area contributed by atoms with Crippen molar-refractivity contribution in [2.75, 3.05) is 7.11 Å². The van der Waals surface area contributed by atoms with E-state index >= 15 is 0 Å². The van der Waals surface area contributed by atoms with Gasteiger partial charge in [0, 0.05) is 0 Å². The smallest absolute Gasteiger partial charge is 0.118 e. The fourth-order valence-corrected chi connectivity index (χ4v) is 0.557. The van der Waals surface area contributed by atoms with E-state index in [1.807, 2.05) is 30.3 Å². The molecule has 0 N–H and O–H groups in total. The lowest BCUT2D eigenvalue weighted by molar-refractivity contribution is 0.415. The van der Waals surface area contributed by atoms with Crippen molar-refractivity contribution in [3.63, 3.8) is 0 Å². The highest BCUT2D eigenvalue weighted by atomic mass is 32.1. The van der Waals surface area contributed by atoms with E-state index < -0.39 is 0 Å². The zero-order valence-electron chi connectivity index (χ0n) is 5.29. The summed E-state index contributed by atoms with van der Waals surface area (Å²) in [5, 5.41) is 0. The molecule has 1 nitrogen and oxygen atoms in total. The Morgan fingerprint density at radius 3 is 2.00 bits per heavy atom. The van der Waals surface area contributed by atoms with Crippen LogP contribution in [0.15, 0.2) is 30.3 Å². The minimum atomic E-state index is 0. The third kappa shape index (κ3) is 2.42.